The highest BCUT2D eigenvalue weighted by molar-refractivity contribution is 5.91. The van der Waals surface area contributed by atoms with E-state index in [0.29, 0.717) is 5.56 Å². The van der Waals surface area contributed by atoms with Crippen LogP contribution >= 0.6 is 0 Å². The molecule has 2 N–H and O–H groups in total. The molecule has 0 saturated heterocycles. The van der Waals surface area contributed by atoms with Crippen LogP contribution in [0.25, 0.3) is 0 Å². The molecule has 0 spiro atoms. The molecule has 0 aliphatic heterocycles. The molecule has 1 aromatic carbocycles. The van der Waals surface area contributed by atoms with Gasteiger partial charge in [0.2, 0.25) is 5.82 Å². The zero-order chi connectivity index (χ0) is 10.9. The average molecular weight is 200 g/mol. The lowest BCUT2D eigenvalue weighted by Gasteiger charge is -2.09. The van der Waals surface area contributed by atoms with Gasteiger partial charge < -0.3 is 14.9 Å². The largest absolute Gasteiger partial charge is 0.504 e. The summed E-state index contributed by atoms with van der Waals surface area (Å²) in [6.07, 6.45) is 0. The molecule has 0 radical (unpaired) electrons. The number of aryl methyl sites for hydroxylation is 1. The molecule has 0 aliphatic carbocycles. The van der Waals surface area contributed by atoms with Gasteiger partial charge in [-0.1, -0.05) is 0 Å². The minimum Gasteiger partial charge on any atom is -0.504 e. The molecule has 0 atom stereocenters. The Hall–Kier alpha value is -1.78. The number of aromatic hydroxyl groups is 1. The first-order chi connectivity index (χ1) is 6.49. The van der Waals surface area contributed by atoms with Gasteiger partial charge in [0.25, 0.3) is 0 Å². The first kappa shape index (κ1) is 10.3. The van der Waals surface area contributed by atoms with Crippen molar-refractivity contribution in [3.8, 4) is 11.5 Å². The van der Waals surface area contributed by atoms with Crippen LogP contribution in [0.3, 0.4) is 0 Å². The Kier molecular flexibility index (Phi) is 2.60. The van der Waals surface area contributed by atoms with Crippen molar-refractivity contribution in [1.29, 1.82) is 0 Å². The minimum absolute atomic E-state index is 0.146. The molecule has 5 heteroatoms. The van der Waals surface area contributed by atoms with Crippen molar-refractivity contribution in [3.63, 3.8) is 0 Å². The maximum atomic E-state index is 13.2. The number of benzene rings is 1. The Labute approximate surface area is 79.6 Å². The molecular weight excluding hydrogens is 191 g/mol. The molecule has 0 heterocycles. The second-order valence-corrected chi connectivity index (χ2v) is 2.74. The van der Waals surface area contributed by atoms with Crippen molar-refractivity contribution in [2.45, 2.75) is 6.92 Å². The molecule has 1 aromatic rings. The van der Waals surface area contributed by atoms with E-state index >= 15 is 0 Å². The second kappa shape index (κ2) is 3.53. The molecule has 1 rings (SSSR count). The summed E-state index contributed by atoms with van der Waals surface area (Å²) in [4.78, 5) is 10.6. The Morgan fingerprint density at radius 3 is 2.57 bits per heavy atom. The van der Waals surface area contributed by atoms with Gasteiger partial charge in [0.05, 0.1) is 7.11 Å². The van der Waals surface area contributed by atoms with E-state index in [4.69, 9.17) is 10.2 Å². The van der Waals surface area contributed by atoms with Crippen LogP contribution < -0.4 is 4.74 Å². The summed E-state index contributed by atoms with van der Waals surface area (Å²) in [6, 6.07) is 1.15. The van der Waals surface area contributed by atoms with E-state index in [1.165, 1.54) is 14.0 Å². The van der Waals surface area contributed by atoms with Crippen LogP contribution in [0.15, 0.2) is 6.07 Å². The summed E-state index contributed by atoms with van der Waals surface area (Å²) in [7, 11) is 1.24. The van der Waals surface area contributed by atoms with E-state index < -0.39 is 23.1 Å². The molecule has 0 bridgehead atoms. The van der Waals surface area contributed by atoms with Crippen LogP contribution in [0.4, 0.5) is 4.39 Å². The highest BCUT2D eigenvalue weighted by Gasteiger charge is 2.20. The van der Waals surface area contributed by atoms with E-state index in [0.717, 1.165) is 6.07 Å². The Morgan fingerprint density at radius 2 is 2.14 bits per heavy atom. The lowest BCUT2D eigenvalue weighted by Crippen LogP contribution is -2.02. The monoisotopic (exact) mass is 200 g/mol. The molecule has 0 amide bonds. The highest BCUT2D eigenvalue weighted by Crippen LogP contribution is 2.32. The third-order valence-corrected chi connectivity index (χ3v) is 1.82. The van der Waals surface area contributed by atoms with Crippen molar-refractivity contribution < 1.29 is 24.1 Å². The number of carbonyl (C=O) groups is 1. The smallest absolute Gasteiger partial charge is 0.339 e. The van der Waals surface area contributed by atoms with Gasteiger partial charge in [-0.2, -0.15) is 4.39 Å². The summed E-state index contributed by atoms with van der Waals surface area (Å²) >= 11 is 0. The van der Waals surface area contributed by atoms with E-state index in [-0.39, 0.29) is 5.75 Å². The summed E-state index contributed by atoms with van der Waals surface area (Å²) in [5, 5.41) is 17.8. The van der Waals surface area contributed by atoms with Gasteiger partial charge in [-0.25, -0.2) is 4.79 Å². The minimum atomic E-state index is -1.38. The van der Waals surface area contributed by atoms with Crippen LogP contribution in [-0.4, -0.2) is 23.3 Å². The first-order valence-electron chi connectivity index (χ1n) is 3.78. The molecule has 0 unspecified atom stereocenters. The number of halogens is 1. The summed E-state index contributed by atoms with van der Waals surface area (Å²) < 4.78 is 17.9. The zero-order valence-corrected chi connectivity index (χ0v) is 7.67. The summed E-state index contributed by atoms with van der Waals surface area (Å²) in [5.41, 5.74) is -0.152. The third kappa shape index (κ3) is 1.48. The van der Waals surface area contributed by atoms with Gasteiger partial charge in [0.15, 0.2) is 11.5 Å². The van der Waals surface area contributed by atoms with Gasteiger partial charge in [0.1, 0.15) is 5.56 Å². The van der Waals surface area contributed by atoms with Crippen molar-refractivity contribution >= 4 is 5.97 Å². The normalized spacial score (nSPS) is 9.93. The molecule has 4 nitrogen and oxygen atoms in total. The maximum Gasteiger partial charge on any atom is 0.339 e. The van der Waals surface area contributed by atoms with Crippen molar-refractivity contribution in [2.24, 2.45) is 0 Å². The predicted octanol–water partition coefficient (Wildman–Crippen LogP) is 1.55. The number of aromatic carboxylic acids is 1. The summed E-state index contributed by atoms with van der Waals surface area (Å²) in [6.45, 7) is 1.49. The number of rotatable bonds is 2. The fourth-order valence-electron chi connectivity index (χ4n) is 1.16. The predicted molar refractivity (Wildman–Crippen MR) is 46.3 cm³/mol. The van der Waals surface area contributed by atoms with E-state index in [1.54, 1.807) is 0 Å². The fraction of sp³-hybridized carbons (Fsp3) is 0.222. The zero-order valence-electron chi connectivity index (χ0n) is 7.67. The van der Waals surface area contributed by atoms with E-state index in [9.17, 15) is 9.18 Å². The molecule has 14 heavy (non-hydrogen) atoms. The molecule has 76 valence electrons. The fourth-order valence-corrected chi connectivity index (χ4v) is 1.16. The van der Waals surface area contributed by atoms with Gasteiger partial charge in [-0.15, -0.1) is 0 Å². The average Bonchev–Trinajstić information content (AvgIpc) is 2.12. The van der Waals surface area contributed by atoms with Gasteiger partial charge in [-0.05, 0) is 18.6 Å². The highest BCUT2D eigenvalue weighted by atomic mass is 19.1. The maximum absolute atomic E-state index is 13.2. The lowest BCUT2D eigenvalue weighted by atomic mass is 10.1. The van der Waals surface area contributed by atoms with Crippen LogP contribution in [0, 0.1) is 12.7 Å². The first-order valence-corrected chi connectivity index (χ1v) is 3.78. The van der Waals surface area contributed by atoms with Gasteiger partial charge in [-0.3, -0.25) is 0 Å². The Balaban J connectivity index is 3.47. The standard InChI is InChI=1S/C9H9FO4/c1-4-3-5(9(12)13)7(11)6(10)8(4)14-2/h3,11H,1-2H3,(H,12,13). The van der Waals surface area contributed by atoms with Crippen LogP contribution in [0.2, 0.25) is 0 Å². The number of carboxylic acids is 1. The van der Waals surface area contributed by atoms with Crippen LogP contribution in [-0.2, 0) is 0 Å². The van der Waals surface area contributed by atoms with E-state index in [1.807, 2.05) is 0 Å². The second-order valence-electron chi connectivity index (χ2n) is 2.74. The lowest BCUT2D eigenvalue weighted by molar-refractivity contribution is 0.0692. The SMILES string of the molecule is COc1c(C)cc(C(=O)O)c(O)c1F. The molecular formula is C9H9FO4. The molecule has 0 saturated carbocycles. The Morgan fingerprint density at radius 1 is 1.57 bits per heavy atom. The molecule has 0 aliphatic rings. The Bertz CT molecular complexity index is 387. The van der Waals surface area contributed by atoms with Crippen LogP contribution in [0.5, 0.6) is 11.5 Å². The number of phenols is 1. The van der Waals surface area contributed by atoms with Gasteiger partial charge in [0, 0.05) is 0 Å². The quantitative estimate of drug-likeness (QED) is 0.759. The van der Waals surface area contributed by atoms with E-state index in [2.05, 4.69) is 4.74 Å². The number of ether oxygens (including phenoxy) is 1. The topological polar surface area (TPSA) is 66.8 Å². The van der Waals surface area contributed by atoms with Crippen molar-refractivity contribution in [2.75, 3.05) is 7.11 Å². The third-order valence-electron chi connectivity index (χ3n) is 1.82. The molecule has 0 fully saturated rings. The number of carboxylic acid groups (broad SMARTS) is 1. The summed E-state index contributed by atoms with van der Waals surface area (Å²) in [5.74, 6) is -3.48. The number of methoxy groups -OCH3 is 1. The van der Waals surface area contributed by atoms with Gasteiger partial charge >= 0.3 is 5.97 Å². The molecule has 0 aromatic heterocycles. The number of hydrogen-bond acceptors (Lipinski definition) is 3. The van der Waals surface area contributed by atoms with Crippen molar-refractivity contribution in [3.05, 3.63) is 23.0 Å². The number of hydrogen-bond donors (Lipinski definition) is 2. The van der Waals surface area contributed by atoms with Crippen LogP contribution in [0.1, 0.15) is 15.9 Å². The van der Waals surface area contributed by atoms with Crippen molar-refractivity contribution in [1.82, 2.24) is 0 Å².